The monoisotopic (exact) mass is 342 g/mol. The number of amides is 1. The summed E-state index contributed by atoms with van der Waals surface area (Å²) in [6.07, 6.45) is 7.98. The maximum Gasteiger partial charge on any atom is 0.222 e. The zero-order chi connectivity index (χ0) is 16.3. The van der Waals surface area contributed by atoms with Crippen LogP contribution < -0.4 is 0 Å². The average Bonchev–Trinajstić information content (AvgIpc) is 2.88. The lowest BCUT2D eigenvalue weighted by Gasteiger charge is -2.37. The summed E-state index contributed by atoms with van der Waals surface area (Å²) in [5.74, 6) is 1.53. The van der Waals surface area contributed by atoms with Gasteiger partial charge in [-0.2, -0.15) is 0 Å². The Hall–Kier alpha value is -0.620. The zero-order valence-electron chi connectivity index (χ0n) is 14.1. The fraction of sp³-hybridized carbons (Fsp3) is 0.941. The number of carbonyl (C=O) groups excluding carboxylic acids is 1. The van der Waals surface area contributed by atoms with Gasteiger partial charge in [-0.3, -0.25) is 9.69 Å². The molecule has 0 aromatic rings. The van der Waals surface area contributed by atoms with E-state index >= 15 is 0 Å². The molecule has 1 unspecified atom stereocenters. The molecule has 5 nitrogen and oxygen atoms in total. The molecule has 132 valence electrons. The van der Waals surface area contributed by atoms with Gasteiger partial charge >= 0.3 is 0 Å². The summed E-state index contributed by atoms with van der Waals surface area (Å²) in [5, 5.41) is 0. The van der Waals surface area contributed by atoms with Gasteiger partial charge in [-0.1, -0.05) is 19.3 Å². The summed E-state index contributed by atoms with van der Waals surface area (Å²) in [6.45, 7) is 4.77. The Labute approximate surface area is 140 Å². The Morgan fingerprint density at radius 1 is 0.913 bits per heavy atom. The summed E-state index contributed by atoms with van der Waals surface area (Å²) in [5.41, 5.74) is 0. The second-order valence-electron chi connectivity index (χ2n) is 7.66. The molecule has 0 N–H and O–H groups in total. The van der Waals surface area contributed by atoms with Gasteiger partial charge in [0.2, 0.25) is 5.91 Å². The molecule has 0 spiro atoms. The molecule has 3 rings (SSSR count). The normalized spacial score (nSPS) is 29.7. The van der Waals surface area contributed by atoms with Gasteiger partial charge in [0.15, 0.2) is 9.84 Å². The standard InChI is InChI=1S/C17H30N2O3S/c20-17(12-16-6-11-23(21,22)14-16)19-9-7-18(8-10-19)13-15-4-2-1-3-5-15/h15-16H,1-14H2. The van der Waals surface area contributed by atoms with Crippen molar-refractivity contribution in [3.05, 3.63) is 0 Å². The van der Waals surface area contributed by atoms with Crippen LogP contribution in [0.25, 0.3) is 0 Å². The van der Waals surface area contributed by atoms with Crippen LogP contribution in [-0.4, -0.2) is 68.4 Å². The summed E-state index contributed by atoms with van der Waals surface area (Å²) in [4.78, 5) is 16.8. The van der Waals surface area contributed by atoms with Gasteiger partial charge in [0.05, 0.1) is 11.5 Å². The van der Waals surface area contributed by atoms with Crippen molar-refractivity contribution >= 4 is 15.7 Å². The van der Waals surface area contributed by atoms with Crippen molar-refractivity contribution < 1.29 is 13.2 Å². The number of sulfone groups is 1. The van der Waals surface area contributed by atoms with Crippen molar-refractivity contribution in [3.63, 3.8) is 0 Å². The SMILES string of the molecule is O=C(CC1CCS(=O)(=O)C1)N1CCN(CC2CCCCC2)CC1. The fourth-order valence-corrected chi connectivity index (χ4v) is 6.19. The van der Waals surface area contributed by atoms with E-state index in [4.69, 9.17) is 0 Å². The molecule has 0 aromatic heterocycles. The maximum atomic E-state index is 12.4. The van der Waals surface area contributed by atoms with Gasteiger partial charge in [-0.15, -0.1) is 0 Å². The molecule has 23 heavy (non-hydrogen) atoms. The van der Waals surface area contributed by atoms with E-state index in [1.165, 1.54) is 38.6 Å². The highest BCUT2D eigenvalue weighted by molar-refractivity contribution is 7.91. The fourth-order valence-electron chi connectivity index (χ4n) is 4.32. The molecule has 2 aliphatic heterocycles. The third kappa shape index (κ3) is 4.92. The van der Waals surface area contributed by atoms with Gasteiger partial charge in [0.25, 0.3) is 0 Å². The maximum absolute atomic E-state index is 12.4. The lowest BCUT2D eigenvalue weighted by molar-refractivity contribution is -0.133. The van der Waals surface area contributed by atoms with Crippen LogP contribution in [0.15, 0.2) is 0 Å². The molecule has 3 fully saturated rings. The highest BCUT2D eigenvalue weighted by Gasteiger charge is 2.31. The molecule has 0 radical (unpaired) electrons. The molecular formula is C17H30N2O3S. The lowest BCUT2D eigenvalue weighted by atomic mass is 9.89. The van der Waals surface area contributed by atoms with Crippen molar-refractivity contribution in [1.82, 2.24) is 9.80 Å². The van der Waals surface area contributed by atoms with Crippen LogP contribution in [0.5, 0.6) is 0 Å². The topological polar surface area (TPSA) is 57.7 Å². The average molecular weight is 343 g/mol. The van der Waals surface area contributed by atoms with Crippen LogP contribution in [-0.2, 0) is 14.6 Å². The van der Waals surface area contributed by atoms with Gasteiger partial charge in [-0.25, -0.2) is 8.42 Å². The zero-order valence-corrected chi connectivity index (χ0v) is 14.9. The molecule has 2 saturated heterocycles. The second-order valence-corrected chi connectivity index (χ2v) is 9.89. The molecule has 0 aromatic carbocycles. The van der Waals surface area contributed by atoms with Gasteiger partial charge in [0.1, 0.15) is 0 Å². The van der Waals surface area contributed by atoms with Crippen LogP contribution >= 0.6 is 0 Å². The smallest absolute Gasteiger partial charge is 0.222 e. The highest BCUT2D eigenvalue weighted by Crippen LogP contribution is 2.25. The molecule has 6 heteroatoms. The first kappa shape index (κ1) is 17.2. The van der Waals surface area contributed by atoms with Gasteiger partial charge in [0, 0.05) is 39.1 Å². The van der Waals surface area contributed by atoms with Crippen LogP contribution in [0.3, 0.4) is 0 Å². The van der Waals surface area contributed by atoms with E-state index in [0.29, 0.717) is 12.8 Å². The number of rotatable bonds is 4. The first-order valence-corrected chi connectivity index (χ1v) is 11.0. The summed E-state index contributed by atoms with van der Waals surface area (Å²) in [7, 11) is -2.88. The largest absolute Gasteiger partial charge is 0.340 e. The minimum atomic E-state index is -2.88. The van der Waals surface area contributed by atoms with Crippen molar-refractivity contribution in [2.24, 2.45) is 11.8 Å². The van der Waals surface area contributed by atoms with E-state index in [1.807, 2.05) is 4.90 Å². The van der Waals surface area contributed by atoms with E-state index in [0.717, 1.165) is 32.1 Å². The molecular weight excluding hydrogens is 312 g/mol. The van der Waals surface area contributed by atoms with E-state index in [1.54, 1.807) is 0 Å². The van der Waals surface area contributed by atoms with Crippen LogP contribution in [0.1, 0.15) is 44.9 Å². The molecule has 2 heterocycles. The molecule has 1 amide bonds. The predicted molar refractivity (Wildman–Crippen MR) is 91.0 cm³/mol. The van der Waals surface area contributed by atoms with E-state index in [-0.39, 0.29) is 23.3 Å². The number of hydrogen-bond donors (Lipinski definition) is 0. The first-order chi connectivity index (χ1) is 11.0. The van der Waals surface area contributed by atoms with Crippen LogP contribution in [0, 0.1) is 11.8 Å². The Balaban J connectivity index is 1.39. The number of hydrogen-bond acceptors (Lipinski definition) is 4. The van der Waals surface area contributed by atoms with Crippen molar-refractivity contribution in [1.29, 1.82) is 0 Å². The molecule has 1 saturated carbocycles. The number of carbonyl (C=O) groups is 1. The predicted octanol–water partition coefficient (Wildman–Crippen LogP) is 1.54. The third-order valence-corrected chi connectivity index (χ3v) is 7.59. The van der Waals surface area contributed by atoms with Crippen LogP contribution in [0.4, 0.5) is 0 Å². The van der Waals surface area contributed by atoms with Crippen LogP contribution in [0.2, 0.25) is 0 Å². The third-order valence-electron chi connectivity index (χ3n) is 5.76. The van der Waals surface area contributed by atoms with Crippen molar-refractivity contribution in [2.75, 3.05) is 44.2 Å². The second kappa shape index (κ2) is 7.51. The minimum Gasteiger partial charge on any atom is -0.340 e. The lowest BCUT2D eigenvalue weighted by Crippen LogP contribution is -2.50. The Morgan fingerprint density at radius 3 is 2.22 bits per heavy atom. The summed E-state index contributed by atoms with van der Waals surface area (Å²) < 4.78 is 23.0. The highest BCUT2D eigenvalue weighted by atomic mass is 32.2. The minimum absolute atomic E-state index is 0.0489. The van der Waals surface area contributed by atoms with E-state index in [9.17, 15) is 13.2 Å². The Kier molecular flexibility index (Phi) is 5.62. The number of nitrogens with zero attached hydrogens (tertiary/aromatic N) is 2. The quantitative estimate of drug-likeness (QED) is 0.777. The summed E-state index contributed by atoms with van der Waals surface area (Å²) in [6, 6.07) is 0. The van der Waals surface area contributed by atoms with Crippen molar-refractivity contribution in [3.8, 4) is 0 Å². The van der Waals surface area contributed by atoms with E-state index in [2.05, 4.69) is 4.90 Å². The molecule has 3 aliphatic rings. The Morgan fingerprint density at radius 2 is 1.61 bits per heavy atom. The molecule has 1 aliphatic carbocycles. The number of piperazine rings is 1. The molecule has 0 bridgehead atoms. The molecule has 1 atom stereocenters. The summed E-state index contributed by atoms with van der Waals surface area (Å²) >= 11 is 0. The van der Waals surface area contributed by atoms with Gasteiger partial charge in [-0.05, 0) is 31.1 Å². The van der Waals surface area contributed by atoms with Crippen molar-refractivity contribution in [2.45, 2.75) is 44.9 Å². The van der Waals surface area contributed by atoms with E-state index < -0.39 is 9.84 Å². The van der Waals surface area contributed by atoms with Gasteiger partial charge < -0.3 is 4.90 Å². The first-order valence-electron chi connectivity index (χ1n) is 9.22. The Bertz CT molecular complexity index is 506.